The van der Waals surface area contributed by atoms with Crippen molar-refractivity contribution >= 4 is 65.0 Å². The first-order chi connectivity index (χ1) is 39.7. The lowest BCUT2D eigenvalue weighted by Crippen LogP contribution is -2.64. The first-order valence-corrected chi connectivity index (χ1v) is 31.1. The molecule has 0 aromatic rings. The number of allylic oxidation sites excluding steroid dienone is 2. The van der Waals surface area contributed by atoms with Crippen LogP contribution in [0.5, 0.6) is 0 Å². The molecule has 0 spiro atoms. The van der Waals surface area contributed by atoms with Crippen LogP contribution in [0.4, 0.5) is 0 Å². The predicted molar refractivity (Wildman–Crippen MR) is 333 cm³/mol. The third-order valence-electron chi connectivity index (χ3n) is 17.0. The van der Waals surface area contributed by atoms with E-state index in [4.69, 9.17) is 0 Å². The zero-order valence-corrected chi connectivity index (χ0v) is 56.9. The van der Waals surface area contributed by atoms with E-state index >= 15 is 9.59 Å². The van der Waals surface area contributed by atoms with Gasteiger partial charge in [-0.3, -0.25) is 52.7 Å². The van der Waals surface area contributed by atoms with Gasteiger partial charge >= 0.3 is 0 Å². The average Bonchev–Trinajstić information content (AvgIpc) is 1.84. The van der Waals surface area contributed by atoms with Gasteiger partial charge in [0.25, 0.3) is 0 Å². The van der Waals surface area contributed by atoms with Crippen molar-refractivity contribution in [1.29, 1.82) is 0 Å². The predicted octanol–water partition coefficient (Wildman–Crippen LogP) is 3.66. The molecule has 1 aliphatic heterocycles. The van der Waals surface area contributed by atoms with Gasteiger partial charge in [0, 0.05) is 49.3 Å². The highest BCUT2D eigenvalue weighted by Crippen LogP contribution is 2.26. The summed E-state index contributed by atoms with van der Waals surface area (Å²) in [5, 5.41) is 23.2. The Morgan fingerprint density at radius 2 is 0.872 bits per heavy atom. The third kappa shape index (κ3) is 20.5. The number of hydrogen-bond acceptors (Lipinski definition) is 12. The summed E-state index contributed by atoms with van der Waals surface area (Å²) in [5.74, 6) is -10.1. The van der Waals surface area contributed by atoms with E-state index in [1.165, 1.54) is 94.6 Å². The summed E-state index contributed by atoms with van der Waals surface area (Å²) < 4.78 is 0. The van der Waals surface area contributed by atoms with E-state index in [1.54, 1.807) is 61.5 Å². The van der Waals surface area contributed by atoms with Crippen LogP contribution in [0.2, 0.25) is 0 Å². The van der Waals surface area contributed by atoms with Crippen LogP contribution in [-0.2, 0) is 52.7 Å². The number of rotatable bonds is 15. The number of likely N-dealkylation sites (N-methyl/N-ethyl adjacent to an activating group) is 7. The molecule has 0 aromatic heterocycles. The fourth-order valence-corrected chi connectivity index (χ4v) is 11.0. The number of nitrogens with zero attached hydrogens (tertiary/aromatic N) is 7. The Labute approximate surface area is 515 Å². The highest BCUT2D eigenvalue weighted by Gasteiger charge is 2.46. The van der Waals surface area contributed by atoms with Gasteiger partial charge in [0.15, 0.2) is 0 Å². The van der Waals surface area contributed by atoms with Gasteiger partial charge in [0.05, 0.1) is 6.10 Å². The summed E-state index contributed by atoms with van der Waals surface area (Å²) >= 11 is 0. The Balaban J connectivity index is 4.38. The topological polar surface area (TPSA) is 279 Å². The van der Waals surface area contributed by atoms with Crippen LogP contribution < -0.4 is 21.3 Å². The summed E-state index contributed by atoms with van der Waals surface area (Å²) in [6.45, 7) is 31.3. The number of amides is 11. The number of carbonyl (C=O) groups is 11. The fourth-order valence-electron chi connectivity index (χ4n) is 11.0. The van der Waals surface area contributed by atoms with E-state index < -0.39 is 161 Å². The van der Waals surface area contributed by atoms with Crippen LogP contribution >= 0.6 is 0 Å². The second-order valence-corrected chi connectivity index (χ2v) is 26.2. The Bertz CT molecular complexity index is 2360. The summed E-state index contributed by atoms with van der Waals surface area (Å²) in [4.78, 5) is 170. The summed E-state index contributed by atoms with van der Waals surface area (Å²) in [6.07, 6.45) is 3.29. The van der Waals surface area contributed by atoms with Crippen molar-refractivity contribution in [2.75, 3.05) is 49.3 Å². The molecule has 1 aliphatic rings. The zero-order chi connectivity index (χ0) is 66.8. The molecule has 11 amide bonds. The van der Waals surface area contributed by atoms with Crippen LogP contribution in [0.15, 0.2) is 12.2 Å². The molecule has 0 aromatic carbocycles. The minimum atomic E-state index is -1.62. The van der Waals surface area contributed by atoms with Crippen molar-refractivity contribution in [3.8, 4) is 0 Å². The Morgan fingerprint density at radius 3 is 1.33 bits per heavy atom. The quantitative estimate of drug-likeness (QED) is 0.147. The Morgan fingerprint density at radius 1 is 0.442 bits per heavy atom. The first-order valence-electron chi connectivity index (χ1n) is 31.1. The molecule has 5 N–H and O–H groups in total. The SMILES string of the molecule is C/C=C/C[C@@H](C)[C@@H](O)[C@H]1C(=O)N[C@@H](CC)C(=O)N(C)[C@H](C)C(=O)N(C)[C@@H](C(C)CC)C(=O)N[C@@H](C(C)C)C(=O)N(C)[C@@H](CC(C)C)C(=O)N[C@@H](C)C(=O)N[C@H](C)C(=O)N(C)[C@@H](CC(C)C)C(=O)N(C)[C@@H](CC(C)C)C(=O)N(C)[C@@H](C(C)C)C(=O)N1C. The molecule has 1 rings (SSSR count). The minimum Gasteiger partial charge on any atom is -0.390 e. The first kappa shape index (κ1) is 77.9. The van der Waals surface area contributed by atoms with Gasteiger partial charge in [-0.25, -0.2) is 0 Å². The van der Waals surface area contributed by atoms with E-state index in [9.17, 15) is 48.3 Å². The van der Waals surface area contributed by atoms with E-state index in [-0.39, 0.29) is 43.4 Å². The molecule has 492 valence electrons. The molecule has 1 heterocycles. The summed E-state index contributed by atoms with van der Waals surface area (Å²) in [7, 11) is 9.96. The number of aliphatic hydroxyl groups is 1. The minimum absolute atomic E-state index is 0.0152. The lowest BCUT2D eigenvalue weighted by molar-refractivity contribution is -0.157. The molecule has 1 saturated heterocycles. The fraction of sp³-hybridized carbons (Fsp3) is 0.794. The van der Waals surface area contributed by atoms with E-state index in [1.807, 2.05) is 54.5 Å². The molecule has 23 nitrogen and oxygen atoms in total. The normalized spacial score (nSPS) is 27.9. The second kappa shape index (κ2) is 35.0. The number of aliphatic hydroxyl groups excluding tert-OH is 1. The summed E-state index contributed by atoms with van der Waals surface area (Å²) in [5.41, 5.74) is 0. The van der Waals surface area contributed by atoms with Gasteiger partial charge in [-0.2, -0.15) is 0 Å². The molecule has 0 aliphatic carbocycles. The van der Waals surface area contributed by atoms with E-state index in [2.05, 4.69) is 21.3 Å². The van der Waals surface area contributed by atoms with Crippen molar-refractivity contribution in [2.24, 2.45) is 41.4 Å². The van der Waals surface area contributed by atoms with Crippen LogP contribution in [-0.4, -0.2) is 226 Å². The van der Waals surface area contributed by atoms with Crippen molar-refractivity contribution in [2.45, 2.75) is 236 Å². The van der Waals surface area contributed by atoms with Gasteiger partial charge in [-0.1, -0.05) is 116 Å². The van der Waals surface area contributed by atoms with Gasteiger partial charge < -0.3 is 60.7 Å². The number of carbonyl (C=O) groups excluding carboxylic acids is 11. The van der Waals surface area contributed by atoms with Crippen molar-refractivity contribution < 1.29 is 57.8 Å². The van der Waals surface area contributed by atoms with Crippen molar-refractivity contribution in [1.82, 2.24) is 55.6 Å². The Hall–Kier alpha value is -6.13. The molecule has 0 radical (unpaired) electrons. The van der Waals surface area contributed by atoms with Crippen LogP contribution in [0, 0.1) is 41.4 Å². The number of hydrogen-bond donors (Lipinski definition) is 5. The molecule has 86 heavy (non-hydrogen) atoms. The van der Waals surface area contributed by atoms with Crippen molar-refractivity contribution in [3.05, 3.63) is 12.2 Å². The molecular weight excluding hydrogens is 1100 g/mol. The van der Waals surface area contributed by atoms with Crippen LogP contribution in [0.25, 0.3) is 0 Å². The largest absolute Gasteiger partial charge is 0.390 e. The molecule has 1 unspecified atom stereocenters. The summed E-state index contributed by atoms with van der Waals surface area (Å²) in [6, 6.07) is -13.6. The average molecular weight is 1220 g/mol. The third-order valence-corrected chi connectivity index (χ3v) is 17.0. The van der Waals surface area contributed by atoms with Gasteiger partial charge in [-0.05, 0) is 101 Å². The van der Waals surface area contributed by atoms with Gasteiger partial charge in [0.2, 0.25) is 65.0 Å². The monoisotopic (exact) mass is 1220 g/mol. The zero-order valence-electron chi connectivity index (χ0n) is 56.9. The molecule has 0 bridgehead atoms. The van der Waals surface area contributed by atoms with Crippen LogP contribution in [0.3, 0.4) is 0 Å². The van der Waals surface area contributed by atoms with Gasteiger partial charge in [-0.15, -0.1) is 0 Å². The lowest BCUT2D eigenvalue weighted by Gasteiger charge is -2.41. The highest BCUT2D eigenvalue weighted by molar-refractivity contribution is 6.00. The molecule has 23 heteroatoms. The maximum Gasteiger partial charge on any atom is 0.246 e. The standard InChI is InChI=1S/C63H113N11O12/c1-26-29-30-40(15)52(75)51-56(79)66-44(28-3)59(82)68(19)43(18)58(81)73(24)50(39(14)27-2)55(78)67-48(37(10)11)62(85)69(20)45(31-34(4)5)54(77)64-41(16)53(76)65-42(17)57(80)70(21)46(32-35(6)7)60(83)71(22)47(33-36(8)9)61(84)72(23)49(38(12)13)63(86)74(51)25/h26,29,34-52,75H,27-28,30-33H2,1-25H3,(H,64,77)(H,65,76)(H,66,79)(H,67,78)/b29-26+/t39?,40-,41+,42-,43-,44+,45+,46+,47+,48+,49+,50+,51+,52-/m1/s1. The number of nitrogens with one attached hydrogen (secondary N) is 4. The van der Waals surface area contributed by atoms with Gasteiger partial charge in [0.1, 0.15) is 66.5 Å². The molecule has 14 atom stereocenters. The van der Waals surface area contributed by atoms with E-state index in [0.717, 1.165) is 9.80 Å². The molecule has 1 fully saturated rings. The van der Waals surface area contributed by atoms with E-state index in [0.29, 0.717) is 12.8 Å². The maximum absolute atomic E-state index is 15.2. The second-order valence-electron chi connectivity index (χ2n) is 26.2. The Kier molecular flexibility index (Phi) is 31.7. The smallest absolute Gasteiger partial charge is 0.246 e. The molecular formula is C63H113N11O12. The van der Waals surface area contributed by atoms with Crippen LogP contribution in [0.1, 0.15) is 163 Å². The lowest BCUT2D eigenvalue weighted by atomic mass is 9.91. The molecule has 0 saturated carbocycles. The highest BCUT2D eigenvalue weighted by atomic mass is 16.3. The van der Waals surface area contributed by atoms with Crippen molar-refractivity contribution in [3.63, 3.8) is 0 Å². The maximum atomic E-state index is 15.2.